The van der Waals surface area contributed by atoms with Gasteiger partial charge in [0.1, 0.15) is 5.75 Å². The second-order valence-electron chi connectivity index (χ2n) is 4.38. The van der Waals surface area contributed by atoms with Crippen LogP contribution in [0.25, 0.3) is 0 Å². The smallest absolute Gasteiger partial charge is 0.335 e. The van der Waals surface area contributed by atoms with E-state index in [-0.39, 0.29) is 23.4 Å². The third kappa shape index (κ3) is 3.50. The lowest BCUT2D eigenvalue weighted by atomic mass is 10.1. The minimum absolute atomic E-state index is 0.00495. The summed E-state index contributed by atoms with van der Waals surface area (Å²) in [6, 6.07) is 10.1. The van der Waals surface area contributed by atoms with Gasteiger partial charge in [0, 0.05) is 17.8 Å². The average Bonchev–Trinajstić information content (AvgIpc) is 2.46. The largest absolute Gasteiger partial charge is 0.508 e. The molecular weight excluding hydrogens is 274 g/mol. The number of anilines is 1. The van der Waals surface area contributed by atoms with Gasteiger partial charge >= 0.3 is 11.9 Å². The van der Waals surface area contributed by atoms with Crippen molar-refractivity contribution in [2.45, 2.75) is 6.54 Å². The molecule has 0 heterocycles. The van der Waals surface area contributed by atoms with Crippen LogP contribution in [-0.2, 0) is 6.54 Å². The molecule has 0 bridgehead atoms. The molecule has 0 aliphatic rings. The minimum atomic E-state index is -1.07. The zero-order valence-electron chi connectivity index (χ0n) is 10.9. The first-order valence-electron chi connectivity index (χ1n) is 6.10. The standard InChI is InChI=1S/C15H13NO5/c17-13-6-3-10(15(20)21)7-11(13)8-16-12-4-1-9(2-5-12)14(18)19/h1-7,16-17H,8H2,(H,18,19)(H,20,21). The summed E-state index contributed by atoms with van der Waals surface area (Å²) in [4.78, 5) is 21.6. The summed E-state index contributed by atoms with van der Waals surface area (Å²) in [6.07, 6.45) is 0. The number of hydrogen-bond donors (Lipinski definition) is 4. The van der Waals surface area contributed by atoms with Crippen LogP contribution in [0, 0.1) is 0 Å². The van der Waals surface area contributed by atoms with Gasteiger partial charge in [-0.05, 0) is 42.5 Å². The van der Waals surface area contributed by atoms with Gasteiger partial charge in [0.2, 0.25) is 0 Å². The number of aromatic hydroxyl groups is 1. The number of aromatic carboxylic acids is 2. The summed E-state index contributed by atoms with van der Waals surface area (Å²) in [5.41, 5.74) is 1.37. The molecule has 0 unspecified atom stereocenters. The maximum absolute atomic E-state index is 10.9. The van der Waals surface area contributed by atoms with Crippen molar-refractivity contribution in [1.82, 2.24) is 0 Å². The van der Waals surface area contributed by atoms with Crippen molar-refractivity contribution >= 4 is 17.6 Å². The fourth-order valence-electron chi connectivity index (χ4n) is 1.79. The highest BCUT2D eigenvalue weighted by Gasteiger charge is 2.08. The Balaban J connectivity index is 2.10. The van der Waals surface area contributed by atoms with Crippen molar-refractivity contribution in [3.8, 4) is 5.75 Å². The third-order valence-corrected chi connectivity index (χ3v) is 2.94. The van der Waals surface area contributed by atoms with Gasteiger partial charge < -0.3 is 20.6 Å². The molecule has 0 atom stereocenters. The maximum Gasteiger partial charge on any atom is 0.335 e. The molecule has 4 N–H and O–H groups in total. The van der Waals surface area contributed by atoms with Gasteiger partial charge in [-0.15, -0.1) is 0 Å². The number of rotatable bonds is 5. The molecular formula is C15H13NO5. The van der Waals surface area contributed by atoms with E-state index < -0.39 is 11.9 Å². The zero-order valence-corrected chi connectivity index (χ0v) is 10.9. The molecule has 0 amide bonds. The van der Waals surface area contributed by atoms with Crippen molar-refractivity contribution in [2.75, 3.05) is 5.32 Å². The highest BCUT2D eigenvalue weighted by Crippen LogP contribution is 2.20. The van der Waals surface area contributed by atoms with E-state index in [1.807, 2.05) is 0 Å². The molecule has 2 aromatic carbocycles. The first kappa shape index (κ1) is 14.4. The predicted octanol–water partition coefficient (Wildman–Crippen LogP) is 2.40. The molecule has 0 fully saturated rings. The first-order valence-corrected chi connectivity index (χ1v) is 6.10. The normalized spacial score (nSPS) is 10.1. The lowest BCUT2D eigenvalue weighted by molar-refractivity contribution is 0.0686. The van der Waals surface area contributed by atoms with Crippen LogP contribution in [0.5, 0.6) is 5.75 Å². The summed E-state index contributed by atoms with van der Waals surface area (Å²) >= 11 is 0. The Morgan fingerprint density at radius 3 is 2.05 bits per heavy atom. The zero-order chi connectivity index (χ0) is 15.4. The molecule has 108 valence electrons. The van der Waals surface area contributed by atoms with Crippen LogP contribution >= 0.6 is 0 Å². The van der Waals surface area contributed by atoms with Crippen LogP contribution in [0.15, 0.2) is 42.5 Å². The summed E-state index contributed by atoms with van der Waals surface area (Å²) in [5, 5.41) is 30.4. The number of carboxylic acids is 2. The van der Waals surface area contributed by atoms with Crippen molar-refractivity contribution in [1.29, 1.82) is 0 Å². The summed E-state index contributed by atoms with van der Waals surface area (Å²) in [6.45, 7) is 0.222. The van der Waals surface area contributed by atoms with E-state index in [1.165, 1.54) is 30.3 Å². The lowest BCUT2D eigenvalue weighted by Crippen LogP contribution is -2.03. The van der Waals surface area contributed by atoms with Gasteiger partial charge in [-0.25, -0.2) is 9.59 Å². The molecule has 0 spiro atoms. The average molecular weight is 287 g/mol. The Morgan fingerprint density at radius 2 is 1.48 bits per heavy atom. The molecule has 0 saturated carbocycles. The highest BCUT2D eigenvalue weighted by molar-refractivity contribution is 5.88. The van der Waals surface area contributed by atoms with Crippen molar-refractivity contribution in [3.05, 3.63) is 59.2 Å². The third-order valence-electron chi connectivity index (χ3n) is 2.94. The van der Waals surface area contributed by atoms with E-state index >= 15 is 0 Å². The summed E-state index contributed by atoms with van der Waals surface area (Å²) < 4.78 is 0. The van der Waals surface area contributed by atoms with Gasteiger partial charge in [-0.3, -0.25) is 0 Å². The topological polar surface area (TPSA) is 107 Å². The Kier molecular flexibility index (Phi) is 4.08. The van der Waals surface area contributed by atoms with E-state index in [0.29, 0.717) is 11.3 Å². The van der Waals surface area contributed by atoms with Gasteiger partial charge in [-0.1, -0.05) is 0 Å². The van der Waals surface area contributed by atoms with E-state index in [4.69, 9.17) is 10.2 Å². The molecule has 0 saturated heterocycles. The fraction of sp³-hybridized carbons (Fsp3) is 0.0667. The van der Waals surface area contributed by atoms with Gasteiger partial charge in [0.25, 0.3) is 0 Å². The van der Waals surface area contributed by atoms with E-state index in [2.05, 4.69) is 5.32 Å². The number of hydrogen-bond acceptors (Lipinski definition) is 4. The number of carboxylic acid groups (broad SMARTS) is 2. The number of phenolic OH excluding ortho intramolecular Hbond substituents is 1. The summed E-state index contributed by atoms with van der Waals surface area (Å²) in [5.74, 6) is -2.08. The predicted molar refractivity (Wildman–Crippen MR) is 75.8 cm³/mol. The van der Waals surface area contributed by atoms with Crippen LogP contribution in [-0.4, -0.2) is 27.3 Å². The highest BCUT2D eigenvalue weighted by atomic mass is 16.4. The van der Waals surface area contributed by atoms with E-state index in [9.17, 15) is 14.7 Å². The van der Waals surface area contributed by atoms with Gasteiger partial charge in [0.05, 0.1) is 11.1 Å². The minimum Gasteiger partial charge on any atom is -0.508 e. The number of nitrogens with one attached hydrogen (secondary N) is 1. The Labute approximate surface area is 120 Å². The number of carbonyl (C=O) groups is 2. The van der Waals surface area contributed by atoms with Gasteiger partial charge in [-0.2, -0.15) is 0 Å². The van der Waals surface area contributed by atoms with Crippen LogP contribution < -0.4 is 5.32 Å². The van der Waals surface area contributed by atoms with Gasteiger partial charge in [0.15, 0.2) is 0 Å². The van der Waals surface area contributed by atoms with Crippen molar-refractivity contribution in [3.63, 3.8) is 0 Å². The second kappa shape index (κ2) is 5.96. The van der Waals surface area contributed by atoms with Crippen LogP contribution in [0.2, 0.25) is 0 Å². The fourth-order valence-corrected chi connectivity index (χ4v) is 1.79. The second-order valence-corrected chi connectivity index (χ2v) is 4.38. The quantitative estimate of drug-likeness (QED) is 0.672. The molecule has 2 rings (SSSR count). The molecule has 6 heteroatoms. The monoisotopic (exact) mass is 287 g/mol. The van der Waals surface area contributed by atoms with Crippen LogP contribution in [0.3, 0.4) is 0 Å². The molecule has 21 heavy (non-hydrogen) atoms. The first-order chi connectivity index (χ1) is 9.97. The number of benzene rings is 2. The van der Waals surface area contributed by atoms with E-state index in [1.54, 1.807) is 12.1 Å². The Hall–Kier alpha value is -3.02. The number of phenols is 1. The van der Waals surface area contributed by atoms with E-state index in [0.717, 1.165) is 0 Å². The molecule has 2 aromatic rings. The Bertz CT molecular complexity index is 679. The van der Waals surface area contributed by atoms with Crippen molar-refractivity contribution < 1.29 is 24.9 Å². The van der Waals surface area contributed by atoms with Crippen LogP contribution in [0.1, 0.15) is 26.3 Å². The molecule has 0 aromatic heterocycles. The molecule has 0 radical (unpaired) electrons. The maximum atomic E-state index is 10.9. The lowest BCUT2D eigenvalue weighted by Gasteiger charge is -2.09. The molecule has 0 aliphatic heterocycles. The SMILES string of the molecule is O=C(O)c1ccc(NCc2cc(C(=O)O)ccc2O)cc1. The summed E-state index contributed by atoms with van der Waals surface area (Å²) in [7, 11) is 0. The van der Waals surface area contributed by atoms with Crippen molar-refractivity contribution in [2.24, 2.45) is 0 Å². The molecule has 6 nitrogen and oxygen atoms in total. The Morgan fingerprint density at radius 1 is 0.905 bits per heavy atom. The van der Waals surface area contributed by atoms with Crippen LogP contribution in [0.4, 0.5) is 5.69 Å². The molecule has 0 aliphatic carbocycles.